The molecule has 0 radical (unpaired) electrons. The molecule has 90 valence electrons. The molecule has 0 amide bonds. The largest absolute Gasteiger partial charge is 0.385 e. The van der Waals surface area contributed by atoms with Gasteiger partial charge in [-0.25, -0.2) is 0 Å². The predicted octanol–water partition coefficient (Wildman–Crippen LogP) is 4.24. The first-order valence-electron chi connectivity index (χ1n) is 6.41. The van der Waals surface area contributed by atoms with Crippen molar-refractivity contribution < 1.29 is 5.11 Å². The van der Waals surface area contributed by atoms with E-state index in [4.69, 9.17) is 0 Å². The fourth-order valence-electron chi connectivity index (χ4n) is 2.42. The highest BCUT2D eigenvalue weighted by Gasteiger charge is 2.25. The molecule has 1 unspecified atom stereocenters. The quantitative estimate of drug-likeness (QED) is 0.830. The molecule has 0 aliphatic heterocycles. The van der Waals surface area contributed by atoms with Gasteiger partial charge in [0.25, 0.3) is 0 Å². The van der Waals surface area contributed by atoms with Crippen molar-refractivity contribution in [2.75, 3.05) is 0 Å². The van der Waals surface area contributed by atoms with Crippen LogP contribution in [0.1, 0.15) is 38.7 Å². The lowest BCUT2D eigenvalue weighted by Gasteiger charge is -2.27. The van der Waals surface area contributed by atoms with Crippen molar-refractivity contribution in [1.29, 1.82) is 0 Å². The van der Waals surface area contributed by atoms with Gasteiger partial charge in [-0.3, -0.25) is 0 Å². The molecule has 2 rings (SSSR count). The van der Waals surface area contributed by atoms with Gasteiger partial charge in [-0.2, -0.15) is 0 Å². The van der Waals surface area contributed by atoms with E-state index in [2.05, 4.69) is 37.3 Å². The molecule has 2 aromatic rings. The summed E-state index contributed by atoms with van der Waals surface area (Å²) >= 11 is 0. The van der Waals surface area contributed by atoms with Crippen LogP contribution >= 0.6 is 0 Å². The third kappa shape index (κ3) is 2.34. The van der Waals surface area contributed by atoms with Crippen molar-refractivity contribution in [3.8, 4) is 0 Å². The monoisotopic (exact) mass is 228 g/mol. The minimum absolute atomic E-state index is 0.668. The summed E-state index contributed by atoms with van der Waals surface area (Å²) in [5, 5.41) is 13.1. The zero-order chi connectivity index (χ0) is 12.3. The lowest BCUT2D eigenvalue weighted by Crippen LogP contribution is -2.24. The molecular weight excluding hydrogens is 208 g/mol. The van der Waals surface area contributed by atoms with E-state index in [9.17, 15) is 5.11 Å². The highest BCUT2D eigenvalue weighted by molar-refractivity contribution is 5.83. The second-order valence-electron chi connectivity index (χ2n) is 4.70. The molecule has 1 nitrogen and oxygen atoms in total. The van der Waals surface area contributed by atoms with Crippen LogP contribution in [0.25, 0.3) is 10.8 Å². The van der Waals surface area contributed by atoms with Crippen LogP contribution in [0.15, 0.2) is 42.5 Å². The molecular formula is C16H20O. The van der Waals surface area contributed by atoms with E-state index in [1.165, 1.54) is 10.8 Å². The number of hydrogen-bond donors (Lipinski definition) is 1. The van der Waals surface area contributed by atoms with E-state index < -0.39 is 5.60 Å². The van der Waals surface area contributed by atoms with Gasteiger partial charge in [0, 0.05) is 0 Å². The number of hydrogen-bond acceptors (Lipinski definition) is 1. The van der Waals surface area contributed by atoms with Crippen LogP contribution in [-0.4, -0.2) is 5.11 Å². The molecule has 0 saturated heterocycles. The molecule has 0 spiro atoms. The molecule has 0 aromatic heterocycles. The van der Waals surface area contributed by atoms with E-state index in [-0.39, 0.29) is 0 Å². The van der Waals surface area contributed by atoms with Crippen LogP contribution in [0, 0.1) is 0 Å². The van der Waals surface area contributed by atoms with E-state index >= 15 is 0 Å². The highest BCUT2D eigenvalue weighted by atomic mass is 16.3. The minimum Gasteiger partial charge on any atom is -0.385 e. The number of rotatable bonds is 4. The second-order valence-corrected chi connectivity index (χ2v) is 4.70. The Morgan fingerprint density at radius 3 is 2.35 bits per heavy atom. The van der Waals surface area contributed by atoms with Crippen molar-refractivity contribution in [3.63, 3.8) is 0 Å². The van der Waals surface area contributed by atoms with Crippen LogP contribution < -0.4 is 0 Å². The van der Waals surface area contributed by atoms with Crippen LogP contribution in [0.4, 0.5) is 0 Å². The van der Waals surface area contributed by atoms with Gasteiger partial charge in [0.2, 0.25) is 0 Å². The normalized spacial score (nSPS) is 14.8. The summed E-state index contributed by atoms with van der Waals surface area (Å²) in [6, 6.07) is 14.6. The Morgan fingerprint density at radius 2 is 1.71 bits per heavy atom. The Balaban J connectivity index is 2.47. The summed E-state index contributed by atoms with van der Waals surface area (Å²) in [5.41, 5.74) is 0.374. The molecule has 1 heteroatoms. The van der Waals surface area contributed by atoms with Gasteiger partial charge >= 0.3 is 0 Å². The second kappa shape index (κ2) is 4.89. The number of benzene rings is 2. The molecule has 0 heterocycles. The first kappa shape index (κ1) is 12.1. The molecule has 0 saturated carbocycles. The fourth-order valence-corrected chi connectivity index (χ4v) is 2.42. The smallest absolute Gasteiger partial charge is 0.0894 e. The average Bonchev–Trinajstić information content (AvgIpc) is 2.38. The lowest BCUT2D eigenvalue weighted by molar-refractivity contribution is 0.0227. The third-order valence-electron chi connectivity index (χ3n) is 3.54. The summed E-state index contributed by atoms with van der Waals surface area (Å²) in [5.74, 6) is 0. The zero-order valence-corrected chi connectivity index (χ0v) is 10.6. The van der Waals surface area contributed by atoms with Gasteiger partial charge in [-0.15, -0.1) is 0 Å². The first-order valence-corrected chi connectivity index (χ1v) is 6.41. The number of fused-ring (bicyclic) bond motifs is 1. The van der Waals surface area contributed by atoms with Crippen molar-refractivity contribution >= 4 is 10.8 Å². The van der Waals surface area contributed by atoms with Gasteiger partial charge in [-0.05, 0) is 35.2 Å². The van der Waals surface area contributed by atoms with E-state index in [1.54, 1.807) is 0 Å². The maximum atomic E-state index is 10.7. The maximum absolute atomic E-state index is 10.7. The van der Waals surface area contributed by atoms with Gasteiger partial charge in [0.15, 0.2) is 0 Å². The zero-order valence-electron chi connectivity index (χ0n) is 10.6. The average molecular weight is 228 g/mol. The minimum atomic E-state index is -0.668. The lowest BCUT2D eigenvalue weighted by atomic mass is 9.86. The van der Waals surface area contributed by atoms with Crippen LogP contribution in [0.2, 0.25) is 0 Å². The van der Waals surface area contributed by atoms with Crippen molar-refractivity contribution in [3.05, 3.63) is 48.0 Å². The Hall–Kier alpha value is -1.34. The Labute approximate surface area is 103 Å². The molecule has 0 bridgehead atoms. The van der Waals surface area contributed by atoms with Crippen molar-refractivity contribution in [1.82, 2.24) is 0 Å². The summed E-state index contributed by atoms with van der Waals surface area (Å²) in [7, 11) is 0. The molecule has 0 fully saturated rings. The van der Waals surface area contributed by atoms with E-state index in [1.807, 2.05) is 19.1 Å². The third-order valence-corrected chi connectivity index (χ3v) is 3.54. The summed E-state index contributed by atoms with van der Waals surface area (Å²) in [4.78, 5) is 0. The maximum Gasteiger partial charge on any atom is 0.0894 e. The van der Waals surface area contributed by atoms with Gasteiger partial charge < -0.3 is 5.11 Å². The van der Waals surface area contributed by atoms with Gasteiger partial charge in [-0.1, -0.05) is 56.7 Å². The number of aliphatic hydroxyl groups is 1. The van der Waals surface area contributed by atoms with Crippen LogP contribution in [0.5, 0.6) is 0 Å². The standard InChI is InChI=1S/C16H20O/c1-3-11-16(17,4-2)15-10-9-13-7-5-6-8-14(13)12-15/h5-10,12,17H,3-4,11H2,1-2H3. The first-order chi connectivity index (χ1) is 8.19. The predicted molar refractivity (Wildman–Crippen MR) is 73.0 cm³/mol. The Bertz CT molecular complexity index is 504. The molecule has 0 aliphatic carbocycles. The van der Waals surface area contributed by atoms with Gasteiger partial charge in [0.1, 0.15) is 0 Å². The van der Waals surface area contributed by atoms with Gasteiger partial charge in [0.05, 0.1) is 5.60 Å². The SMILES string of the molecule is CCCC(O)(CC)c1ccc2ccccc2c1. The van der Waals surface area contributed by atoms with Crippen molar-refractivity contribution in [2.24, 2.45) is 0 Å². The highest BCUT2D eigenvalue weighted by Crippen LogP contribution is 2.31. The molecule has 17 heavy (non-hydrogen) atoms. The summed E-state index contributed by atoms with van der Waals surface area (Å²) < 4.78 is 0. The molecule has 1 N–H and O–H groups in total. The fraction of sp³-hybridized carbons (Fsp3) is 0.375. The van der Waals surface area contributed by atoms with E-state index in [0.29, 0.717) is 0 Å². The van der Waals surface area contributed by atoms with Crippen LogP contribution in [0.3, 0.4) is 0 Å². The summed E-state index contributed by atoms with van der Waals surface area (Å²) in [6.45, 7) is 4.16. The molecule has 0 aliphatic rings. The Morgan fingerprint density at radius 1 is 1.00 bits per heavy atom. The molecule has 1 atom stereocenters. The Kier molecular flexibility index (Phi) is 3.49. The summed E-state index contributed by atoms with van der Waals surface area (Å²) in [6.07, 6.45) is 2.58. The topological polar surface area (TPSA) is 20.2 Å². The van der Waals surface area contributed by atoms with Crippen LogP contribution in [-0.2, 0) is 5.60 Å². The molecule has 2 aromatic carbocycles. The van der Waals surface area contributed by atoms with E-state index in [0.717, 1.165) is 24.8 Å². The van der Waals surface area contributed by atoms with Crippen molar-refractivity contribution in [2.45, 2.75) is 38.7 Å².